The molecule has 0 amide bonds. The van der Waals surface area contributed by atoms with Crippen molar-refractivity contribution >= 4 is 0 Å². The Morgan fingerprint density at radius 1 is 1.05 bits per heavy atom. The summed E-state index contributed by atoms with van der Waals surface area (Å²) in [6.07, 6.45) is 11.1. The lowest BCUT2D eigenvalue weighted by molar-refractivity contribution is 0.312. The van der Waals surface area contributed by atoms with Crippen LogP contribution in [0.4, 0.5) is 8.78 Å². The smallest absolute Gasteiger partial charge is 0.200 e. The predicted octanol–water partition coefficient (Wildman–Crippen LogP) is 5.99. The molecule has 0 spiro atoms. The Kier molecular flexibility index (Phi) is 6.41. The summed E-state index contributed by atoms with van der Waals surface area (Å²) in [6, 6.07) is 3.20. The zero-order valence-electron chi connectivity index (χ0n) is 13.6. The van der Waals surface area contributed by atoms with Gasteiger partial charge in [-0.25, -0.2) is 4.39 Å². The van der Waals surface area contributed by atoms with E-state index in [1.54, 1.807) is 19.1 Å². The minimum Gasteiger partial charge on any atom is -0.491 e. The van der Waals surface area contributed by atoms with Gasteiger partial charge in [-0.05, 0) is 43.7 Å². The molecule has 3 heteroatoms. The molecule has 0 aliphatic heterocycles. The number of allylic oxidation sites excluding steroid dienone is 2. The van der Waals surface area contributed by atoms with E-state index in [9.17, 15) is 8.78 Å². The summed E-state index contributed by atoms with van der Waals surface area (Å²) in [5.41, 5.74) is 0.448. The van der Waals surface area contributed by atoms with Gasteiger partial charge in [0.25, 0.3) is 0 Å². The zero-order chi connectivity index (χ0) is 15.9. The fourth-order valence-electron chi connectivity index (χ4n) is 3.13. The highest BCUT2D eigenvalue weighted by molar-refractivity contribution is 5.35. The molecule has 1 aliphatic rings. The standard InChI is InChI=1S/C19H26F2O/c1-3-5-6-7-14-8-10-15(11-9-14)16-12-13-17(22-4-2)19(21)18(16)20/h8,10,12-15H,3-7,9,11H2,1-2H3. The second-order valence-electron chi connectivity index (χ2n) is 6.04. The third kappa shape index (κ3) is 4.08. The summed E-state index contributed by atoms with van der Waals surface area (Å²) in [5, 5.41) is 0. The lowest BCUT2D eigenvalue weighted by Gasteiger charge is -2.24. The van der Waals surface area contributed by atoms with Crippen molar-refractivity contribution in [1.82, 2.24) is 0 Å². The monoisotopic (exact) mass is 308 g/mol. The van der Waals surface area contributed by atoms with Gasteiger partial charge in [-0.2, -0.15) is 4.39 Å². The Morgan fingerprint density at radius 3 is 2.50 bits per heavy atom. The molecule has 0 saturated carbocycles. The number of hydrogen-bond donors (Lipinski definition) is 0. The summed E-state index contributed by atoms with van der Waals surface area (Å²) in [6.45, 7) is 4.29. The van der Waals surface area contributed by atoms with Crippen LogP contribution >= 0.6 is 0 Å². The molecule has 2 rings (SSSR count). The highest BCUT2D eigenvalue weighted by Gasteiger charge is 2.23. The Morgan fingerprint density at radius 2 is 1.86 bits per heavy atom. The number of benzene rings is 1. The highest BCUT2D eigenvalue weighted by atomic mass is 19.2. The predicted molar refractivity (Wildman–Crippen MR) is 86.3 cm³/mol. The van der Waals surface area contributed by atoms with Crippen LogP contribution < -0.4 is 4.74 Å². The first-order chi connectivity index (χ1) is 10.7. The van der Waals surface area contributed by atoms with E-state index in [2.05, 4.69) is 19.1 Å². The van der Waals surface area contributed by atoms with Gasteiger partial charge in [0.15, 0.2) is 11.6 Å². The van der Waals surface area contributed by atoms with E-state index in [0.717, 1.165) is 12.8 Å². The second-order valence-corrected chi connectivity index (χ2v) is 6.04. The quantitative estimate of drug-likeness (QED) is 0.444. The minimum atomic E-state index is -0.863. The number of hydrogen-bond acceptors (Lipinski definition) is 1. The fraction of sp³-hybridized carbons (Fsp3) is 0.579. The molecule has 0 saturated heterocycles. The molecule has 0 fully saturated rings. The van der Waals surface area contributed by atoms with Crippen molar-refractivity contribution in [2.24, 2.45) is 5.92 Å². The summed E-state index contributed by atoms with van der Waals surface area (Å²) in [5.74, 6) is -1.05. The van der Waals surface area contributed by atoms with Crippen molar-refractivity contribution in [2.75, 3.05) is 6.61 Å². The van der Waals surface area contributed by atoms with Crippen molar-refractivity contribution in [1.29, 1.82) is 0 Å². The normalized spacial score (nSPS) is 21.1. The molecular weight excluding hydrogens is 282 g/mol. The maximum absolute atomic E-state index is 14.2. The molecular formula is C19H26F2O. The first kappa shape index (κ1) is 17.0. The minimum absolute atomic E-state index is 0.000908. The molecule has 0 N–H and O–H groups in total. The molecule has 1 aromatic carbocycles. The number of halogens is 2. The topological polar surface area (TPSA) is 9.23 Å². The van der Waals surface area contributed by atoms with E-state index in [0.29, 0.717) is 18.1 Å². The molecule has 122 valence electrons. The maximum atomic E-state index is 14.2. The van der Waals surface area contributed by atoms with Crippen molar-refractivity contribution in [2.45, 2.75) is 58.3 Å². The van der Waals surface area contributed by atoms with Gasteiger partial charge in [0.1, 0.15) is 0 Å². The van der Waals surface area contributed by atoms with E-state index in [4.69, 9.17) is 4.74 Å². The van der Waals surface area contributed by atoms with Crippen LogP contribution in [0.25, 0.3) is 0 Å². The Hall–Kier alpha value is -1.38. The Bertz CT molecular complexity index is 510. The summed E-state index contributed by atoms with van der Waals surface area (Å²) < 4.78 is 33.3. The van der Waals surface area contributed by atoms with Crippen LogP contribution in [0.5, 0.6) is 5.75 Å². The van der Waals surface area contributed by atoms with Crippen LogP contribution in [0.1, 0.15) is 63.9 Å². The van der Waals surface area contributed by atoms with Crippen molar-refractivity contribution in [3.8, 4) is 5.75 Å². The van der Waals surface area contributed by atoms with Gasteiger partial charge in [0.2, 0.25) is 5.82 Å². The molecule has 0 radical (unpaired) electrons. The van der Waals surface area contributed by atoms with E-state index in [1.807, 2.05) is 0 Å². The Labute approximate surface area is 132 Å². The molecule has 0 bridgehead atoms. The molecule has 1 nitrogen and oxygen atoms in total. The lowest BCUT2D eigenvalue weighted by atomic mass is 9.82. The molecule has 1 aliphatic carbocycles. The van der Waals surface area contributed by atoms with E-state index in [1.165, 1.54) is 25.7 Å². The highest BCUT2D eigenvalue weighted by Crippen LogP contribution is 2.35. The third-order valence-corrected chi connectivity index (χ3v) is 4.42. The first-order valence-electron chi connectivity index (χ1n) is 8.46. The van der Waals surface area contributed by atoms with E-state index < -0.39 is 11.6 Å². The maximum Gasteiger partial charge on any atom is 0.200 e. The van der Waals surface area contributed by atoms with Gasteiger partial charge in [-0.15, -0.1) is 0 Å². The number of unbranched alkanes of at least 4 members (excludes halogenated alkanes) is 2. The van der Waals surface area contributed by atoms with Gasteiger partial charge in [-0.1, -0.05) is 44.4 Å². The van der Waals surface area contributed by atoms with Gasteiger partial charge in [0.05, 0.1) is 6.61 Å². The molecule has 2 unspecified atom stereocenters. The number of rotatable bonds is 7. The van der Waals surface area contributed by atoms with Crippen molar-refractivity contribution in [3.63, 3.8) is 0 Å². The third-order valence-electron chi connectivity index (χ3n) is 4.42. The Balaban J connectivity index is 2.04. The van der Waals surface area contributed by atoms with Crippen LogP contribution in [0.2, 0.25) is 0 Å². The average molecular weight is 308 g/mol. The van der Waals surface area contributed by atoms with E-state index in [-0.39, 0.29) is 11.7 Å². The molecule has 2 atom stereocenters. The van der Waals surface area contributed by atoms with Gasteiger partial charge >= 0.3 is 0 Å². The fourth-order valence-corrected chi connectivity index (χ4v) is 3.13. The largest absolute Gasteiger partial charge is 0.491 e. The van der Waals surface area contributed by atoms with E-state index >= 15 is 0 Å². The molecule has 0 heterocycles. The van der Waals surface area contributed by atoms with Crippen molar-refractivity contribution < 1.29 is 13.5 Å². The summed E-state index contributed by atoms with van der Waals surface area (Å²) in [4.78, 5) is 0. The summed E-state index contributed by atoms with van der Waals surface area (Å²) in [7, 11) is 0. The summed E-state index contributed by atoms with van der Waals surface area (Å²) >= 11 is 0. The molecule has 0 aromatic heterocycles. The SMILES string of the molecule is CCCCCC1C=CC(c2ccc(OCC)c(F)c2F)CC1. The van der Waals surface area contributed by atoms with Gasteiger partial charge in [-0.3, -0.25) is 0 Å². The lowest BCUT2D eigenvalue weighted by Crippen LogP contribution is -2.10. The van der Waals surface area contributed by atoms with Crippen LogP contribution in [-0.4, -0.2) is 6.61 Å². The van der Waals surface area contributed by atoms with Crippen LogP contribution in [0.15, 0.2) is 24.3 Å². The number of ether oxygens (including phenoxy) is 1. The van der Waals surface area contributed by atoms with Crippen molar-refractivity contribution in [3.05, 3.63) is 41.5 Å². The van der Waals surface area contributed by atoms with Crippen LogP contribution in [0.3, 0.4) is 0 Å². The zero-order valence-corrected chi connectivity index (χ0v) is 13.6. The van der Waals surface area contributed by atoms with Gasteiger partial charge in [0, 0.05) is 5.92 Å². The molecule has 22 heavy (non-hydrogen) atoms. The second kappa shape index (κ2) is 8.30. The van der Waals surface area contributed by atoms with Crippen LogP contribution in [0, 0.1) is 17.6 Å². The molecule has 1 aromatic rings. The van der Waals surface area contributed by atoms with Gasteiger partial charge < -0.3 is 4.74 Å². The first-order valence-corrected chi connectivity index (χ1v) is 8.46. The average Bonchev–Trinajstić information content (AvgIpc) is 2.53. The van der Waals surface area contributed by atoms with Crippen LogP contribution in [-0.2, 0) is 0 Å².